The maximum Gasteiger partial charge on any atom is 0.323 e. The summed E-state index contributed by atoms with van der Waals surface area (Å²) in [4.78, 5) is 12.5. The number of hydrogen-bond acceptors (Lipinski definition) is 5. The number of rotatable bonds is 8. The molecule has 2 N–H and O–H groups in total. The standard InChI is InChI=1S/C22H27NO4S/c1-14-12-19(27-21(14)20(23-3)22(24)25)28-18-11-7-10-17(13-18)26-15(2)16-8-5-4-6-9-16/h4-11,13-15,19-21,23H,12H2,1-3H3,(H,24,25)/t14-,15?,19?,20?,21-/m1/s1. The summed E-state index contributed by atoms with van der Waals surface area (Å²) in [5.41, 5.74) is 1.06. The fourth-order valence-electron chi connectivity index (χ4n) is 3.48. The topological polar surface area (TPSA) is 67.8 Å². The van der Waals surface area contributed by atoms with Crippen molar-refractivity contribution in [1.82, 2.24) is 5.32 Å². The molecule has 2 aromatic rings. The van der Waals surface area contributed by atoms with Gasteiger partial charge in [0.2, 0.25) is 0 Å². The van der Waals surface area contributed by atoms with Gasteiger partial charge in [-0.15, -0.1) is 0 Å². The van der Waals surface area contributed by atoms with Gasteiger partial charge in [-0.1, -0.05) is 55.1 Å². The van der Waals surface area contributed by atoms with Gasteiger partial charge in [0.25, 0.3) is 0 Å². The third-order valence-electron chi connectivity index (χ3n) is 4.99. The molecule has 0 amide bonds. The minimum atomic E-state index is -0.879. The molecule has 2 aromatic carbocycles. The molecular weight excluding hydrogens is 374 g/mol. The molecule has 5 nitrogen and oxygen atoms in total. The first-order valence-corrected chi connectivity index (χ1v) is 10.4. The van der Waals surface area contributed by atoms with Crippen molar-refractivity contribution in [2.45, 2.75) is 48.8 Å². The minimum absolute atomic E-state index is 0.0412. The van der Waals surface area contributed by atoms with Crippen molar-refractivity contribution in [3.05, 3.63) is 60.2 Å². The lowest BCUT2D eigenvalue weighted by Crippen LogP contribution is -2.46. The van der Waals surface area contributed by atoms with Crippen LogP contribution in [0.4, 0.5) is 0 Å². The SMILES string of the molecule is CNC(C(=O)O)[C@@H]1OC(Sc2cccc(OC(C)c3ccccc3)c2)C[C@H]1C. The molecule has 0 spiro atoms. The Kier molecular flexibility index (Phi) is 6.99. The molecule has 28 heavy (non-hydrogen) atoms. The maximum absolute atomic E-state index is 11.4. The molecule has 1 saturated heterocycles. The molecule has 1 aliphatic heterocycles. The number of aliphatic carboxylic acids is 1. The van der Waals surface area contributed by atoms with E-state index in [2.05, 4.69) is 17.4 Å². The molecule has 150 valence electrons. The van der Waals surface area contributed by atoms with E-state index in [-0.39, 0.29) is 23.6 Å². The van der Waals surface area contributed by atoms with Gasteiger partial charge in [-0.05, 0) is 50.1 Å². The van der Waals surface area contributed by atoms with E-state index in [1.54, 1.807) is 18.8 Å². The summed E-state index contributed by atoms with van der Waals surface area (Å²) in [7, 11) is 1.66. The highest BCUT2D eigenvalue weighted by Gasteiger charge is 2.40. The lowest BCUT2D eigenvalue weighted by atomic mass is 9.98. The Morgan fingerprint density at radius 1 is 1.25 bits per heavy atom. The van der Waals surface area contributed by atoms with Crippen LogP contribution in [0.5, 0.6) is 5.75 Å². The van der Waals surface area contributed by atoms with Crippen molar-refractivity contribution in [3.63, 3.8) is 0 Å². The van der Waals surface area contributed by atoms with Crippen LogP contribution in [0.1, 0.15) is 31.9 Å². The molecule has 3 unspecified atom stereocenters. The summed E-state index contributed by atoms with van der Waals surface area (Å²) in [6.07, 6.45) is 0.435. The van der Waals surface area contributed by atoms with E-state index in [0.717, 1.165) is 22.6 Å². The summed E-state index contributed by atoms with van der Waals surface area (Å²) in [5.74, 6) is 0.0986. The second-order valence-electron chi connectivity index (χ2n) is 7.11. The van der Waals surface area contributed by atoms with E-state index in [1.165, 1.54) is 0 Å². The van der Waals surface area contributed by atoms with Gasteiger partial charge < -0.3 is 19.9 Å². The van der Waals surface area contributed by atoms with Gasteiger partial charge >= 0.3 is 5.97 Å². The fraction of sp³-hybridized carbons (Fsp3) is 0.409. The predicted octanol–water partition coefficient (Wildman–Crippen LogP) is 4.34. The highest BCUT2D eigenvalue weighted by molar-refractivity contribution is 7.99. The number of thioether (sulfide) groups is 1. The van der Waals surface area contributed by atoms with E-state index >= 15 is 0 Å². The smallest absolute Gasteiger partial charge is 0.323 e. The predicted molar refractivity (Wildman–Crippen MR) is 111 cm³/mol. The number of ether oxygens (including phenoxy) is 2. The largest absolute Gasteiger partial charge is 0.486 e. The molecule has 0 saturated carbocycles. The van der Waals surface area contributed by atoms with Crippen LogP contribution in [0.2, 0.25) is 0 Å². The highest BCUT2D eigenvalue weighted by atomic mass is 32.2. The zero-order valence-corrected chi connectivity index (χ0v) is 17.2. The Balaban J connectivity index is 1.63. The van der Waals surface area contributed by atoms with Crippen LogP contribution in [0.15, 0.2) is 59.5 Å². The average Bonchev–Trinajstić information content (AvgIpc) is 3.03. The van der Waals surface area contributed by atoms with Gasteiger partial charge in [-0.2, -0.15) is 0 Å². The van der Waals surface area contributed by atoms with E-state index < -0.39 is 12.0 Å². The zero-order chi connectivity index (χ0) is 20.1. The molecule has 0 radical (unpaired) electrons. The van der Waals surface area contributed by atoms with Gasteiger partial charge in [0.05, 0.1) is 6.10 Å². The third kappa shape index (κ3) is 5.07. The van der Waals surface area contributed by atoms with Gasteiger partial charge in [0, 0.05) is 4.90 Å². The maximum atomic E-state index is 11.4. The van der Waals surface area contributed by atoms with E-state index in [0.29, 0.717) is 0 Å². The number of nitrogens with one attached hydrogen (secondary N) is 1. The quantitative estimate of drug-likeness (QED) is 0.686. The minimum Gasteiger partial charge on any atom is -0.486 e. The molecule has 1 heterocycles. The molecular formula is C22H27NO4S. The van der Waals surface area contributed by atoms with Crippen LogP contribution in [0.3, 0.4) is 0 Å². The van der Waals surface area contributed by atoms with Crippen molar-refractivity contribution in [1.29, 1.82) is 0 Å². The Hall–Kier alpha value is -2.02. The molecule has 1 aliphatic rings. The normalized spacial score (nSPS) is 23.9. The monoisotopic (exact) mass is 401 g/mol. The zero-order valence-electron chi connectivity index (χ0n) is 16.4. The first kappa shape index (κ1) is 20.7. The van der Waals surface area contributed by atoms with Crippen molar-refractivity contribution < 1.29 is 19.4 Å². The number of benzene rings is 2. The van der Waals surface area contributed by atoms with Crippen LogP contribution in [-0.2, 0) is 9.53 Å². The average molecular weight is 402 g/mol. The van der Waals surface area contributed by atoms with E-state index in [9.17, 15) is 9.90 Å². The second kappa shape index (κ2) is 9.45. The van der Waals surface area contributed by atoms with Crippen LogP contribution >= 0.6 is 11.8 Å². The molecule has 6 heteroatoms. The first-order chi connectivity index (χ1) is 13.5. The number of likely N-dealkylation sites (N-methyl/N-ethyl adjacent to an activating group) is 1. The molecule has 0 aromatic heterocycles. The van der Waals surface area contributed by atoms with E-state index in [4.69, 9.17) is 9.47 Å². The fourth-order valence-corrected chi connectivity index (χ4v) is 4.71. The molecule has 3 rings (SSSR count). The summed E-state index contributed by atoms with van der Waals surface area (Å²) in [6, 6.07) is 17.4. The van der Waals surface area contributed by atoms with Crippen molar-refractivity contribution in [2.75, 3.05) is 7.05 Å². The van der Waals surface area contributed by atoms with Crippen LogP contribution in [0, 0.1) is 5.92 Å². The summed E-state index contributed by atoms with van der Waals surface area (Å²) >= 11 is 1.61. The number of carboxylic acid groups (broad SMARTS) is 1. The number of carboxylic acids is 1. The van der Waals surface area contributed by atoms with Crippen molar-refractivity contribution in [2.24, 2.45) is 5.92 Å². The van der Waals surface area contributed by atoms with Crippen LogP contribution < -0.4 is 10.1 Å². The summed E-state index contributed by atoms with van der Waals surface area (Å²) < 4.78 is 12.2. The highest BCUT2D eigenvalue weighted by Crippen LogP contribution is 2.39. The molecule has 0 aliphatic carbocycles. The third-order valence-corrected chi connectivity index (χ3v) is 6.09. The lowest BCUT2D eigenvalue weighted by Gasteiger charge is -2.22. The van der Waals surface area contributed by atoms with Crippen molar-refractivity contribution >= 4 is 17.7 Å². The molecule has 5 atom stereocenters. The lowest BCUT2D eigenvalue weighted by molar-refractivity contribution is -0.143. The second-order valence-corrected chi connectivity index (χ2v) is 8.34. The molecule has 0 bridgehead atoms. The number of hydrogen-bond donors (Lipinski definition) is 2. The van der Waals surface area contributed by atoms with Gasteiger partial charge in [0.1, 0.15) is 23.3 Å². The Morgan fingerprint density at radius 3 is 2.68 bits per heavy atom. The Bertz CT molecular complexity index is 785. The molecule has 1 fully saturated rings. The first-order valence-electron chi connectivity index (χ1n) is 9.51. The summed E-state index contributed by atoms with van der Waals surface area (Å²) in [5, 5.41) is 12.2. The Morgan fingerprint density at radius 2 is 2.00 bits per heavy atom. The van der Waals surface area contributed by atoms with Gasteiger partial charge in [-0.3, -0.25) is 4.79 Å². The van der Waals surface area contributed by atoms with Gasteiger partial charge in [-0.25, -0.2) is 0 Å². The Labute approximate surface area is 170 Å². The van der Waals surface area contributed by atoms with E-state index in [1.807, 2.05) is 56.3 Å². The van der Waals surface area contributed by atoms with Gasteiger partial charge in [0.15, 0.2) is 0 Å². The van der Waals surface area contributed by atoms with Crippen LogP contribution in [0.25, 0.3) is 0 Å². The number of carbonyl (C=O) groups is 1. The summed E-state index contributed by atoms with van der Waals surface area (Å²) in [6.45, 7) is 4.07. The van der Waals surface area contributed by atoms with Crippen LogP contribution in [-0.4, -0.2) is 35.7 Å². The van der Waals surface area contributed by atoms with Crippen molar-refractivity contribution in [3.8, 4) is 5.75 Å².